The minimum Gasteiger partial charge on any atom is -0.463 e. The molecule has 4 nitrogen and oxygen atoms in total. The predicted molar refractivity (Wildman–Crippen MR) is 130 cm³/mol. The first-order valence-electron chi connectivity index (χ1n) is 10.7. The molecule has 0 spiro atoms. The van der Waals surface area contributed by atoms with Crippen molar-refractivity contribution in [2.24, 2.45) is 11.8 Å². The van der Waals surface area contributed by atoms with Crippen LogP contribution in [0, 0.1) is 29.3 Å². The molecule has 0 saturated heterocycles. The summed E-state index contributed by atoms with van der Waals surface area (Å²) in [5.74, 6) is -4.43. The van der Waals surface area contributed by atoms with Crippen LogP contribution in [0.1, 0.15) is 44.5 Å². The molecule has 0 aliphatic heterocycles. The van der Waals surface area contributed by atoms with Gasteiger partial charge in [0.25, 0.3) is 12.4 Å². The Kier molecular flexibility index (Phi) is 10.5. The number of carbonyl (C=O) groups excluding carboxylic acids is 2. The summed E-state index contributed by atoms with van der Waals surface area (Å²) in [6.45, 7) is 8.82. The smallest absolute Gasteiger partial charge is 0.293 e. The van der Waals surface area contributed by atoms with Crippen molar-refractivity contribution in [2.75, 3.05) is 11.9 Å². The van der Waals surface area contributed by atoms with E-state index in [2.05, 4.69) is 32.2 Å². The summed E-state index contributed by atoms with van der Waals surface area (Å²) in [4.78, 5) is 23.8. The lowest BCUT2D eigenvalue weighted by Gasteiger charge is -2.24. The Morgan fingerprint density at radius 3 is 2.38 bits per heavy atom. The van der Waals surface area contributed by atoms with Crippen molar-refractivity contribution >= 4 is 41.4 Å². The molecule has 9 heteroatoms. The molecule has 0 heterocycles. The van der Waals surface area contributed by atoms with Crippen LogP contribution in [-0.2, 0) is 9.53 Å². The number of benzene rings is 2. The maximum atomic E-state index is 13.5. The highest BCUT2D eigenvalue weighted by Crippen LogP contribution is 2.37. The highest BCUT2D eigenvalue weighted by Gasteiger charge is 2.21. The lowest BCUT2D eigenvalue weighted by molar-refractivity contribution is -0.127. The van der Waals surface area contributed by atoms with E-state index >= 15 is 0 Å². The Bertz CT molecular complexity index is 1040. The van der Waals surface area contributed by atoms with Gasteiger partial charge in [-0.05, 0) is 49.0 Å². The van der Waals surface area contributed by atoms with Crippen LogP contribution in [-0.4, -0.2) is 24.2 Å². The Hall–Kier alpha value is -2.45. The van der Waals surface area contributed by atoms with Gasteiger partial charge in [-0.3, -0.25) is 9.59 Å². The van der Waals surface area contributed by atoms with Crippen molar-refractivity contribution in [2.45, 2.75) is 44.3 Å². The fraction of sp³-hybridized carbons (Fsp3) is 0.360. The fourth-order valence-electron chi connectivity index (χ4n) is 3.37. The summed E-state index contributed by atoms with van der Waals surface area (Å²) in [5.41, 5.74) is 0.966. The van der Waals surface area contributed by atoms with Crippen LogP contribution in [0.2, 0.25) is 5.02 Å². The molecule has 34 heavy (non-hydrogen) atoms. The third kappa shape index (κ3) is 8.09. The fourth-order valence-corrected chi connectivity index (χ4v) is 4.76. The van der Waals surface area contributed by atoms with E-state index in [1.165, 1.54) is 17.8 Å². The molecule has 0 fully saturated rings. The average molecular weight is 514 g/mol. The maximum Gasteiger partial charge on any atom is 0.293 e. The average Bonchev–Trinajstić information content (AvgIpc) is 2.76. The van der Waals surface area contributed by atoms with Gasteiger partial charge in [-0.25, -0.2) is 13.2 Å². The predicted octanol–water partition coefficient (Wildman–Crippen LogP) is 7.27. The van der Waals surface area contributed by atoms with E-state index < -0.39 is 23.4 Å². The molecule has 2 rings (SSSR count). The zero-order valence-corrected chi connectivity index (χ0v) is 20.9. The molecule has 0 aromatic heterocycles. The largest absolute Gasteiger partial charge is 0.463 e. The lowest BCUT2D eigenvalue weighted by atomic mass is 9.92. The zero-order chi connectivity index (χ0) is 25.4. The number of rotatable bonds is 11. The molecule has 1 amide bonds. The van der Waals surface area contributed by atoms with E-state index in [1.54, 1.807) is 12.1 Å². The van der Waals surface area contributed by atoms with Crippen molar-refractivity contribution < 1.29 is 27.5 Å². The maximum absolute atomic E-state index is 13.5. The number of ether oxygens (including phenoxy) is 1. The van der Waals surface area contributed by atoms with Gasteiger partial charge in [0.2, 0.25) is 0 Å². The Morgan fingerprint density at radius 2 is 1.79 bits per heavy atom. The summed E-state index contributed by atoms with van der Waals surface area (Å²) < 4.78 is 44.9. The number of hydrogen-bond acceptors (Lipinski definition) is 4. The number of carbonyl (C=O) groups is 2. The number of halogens is 4. The second kappa shape index (κ2) is 12.9. The molecule has 2 aromatic carbocycles. The van der Waals surface area contributed by atoms with Crippen LogP contribution >= 0.6 is 23.4 Å². The minimum atomic E-state index is -1.60. The number of anilines is 1. The van der Waals surface area contributed by atoms with E-state index in [9.17, 15) is 22.8 Å². The van der Waals surface area contributed by atoms with Gasteiger partial charge in [-0.15, -0.1) is 11.8 Å². The number of allylic oxidation sites excluding steroid dienone is 1. The normalized spacial score (nSPS) is 13.5. The van der Waals surface area contributed by atoms with E-state index in [1.807, 2.05) is 6.92 Å². The molecule has 2 aromatic rings. The van der Waals surface area contributed by atoms with Crippen LogP contribution in [0.5, 0.6) is 0 Å². The van der Waals surface area contributed by atoms with Gasteiger partial charge in [0.05, 0.1) is 5.02 Å². The summed E-state index contributed by atoms with van der Waals surface area (Å²) in [5, 5.41) is 2.90. The van der Waals surface area contributed by atoms with Crippen molar-refractivity contribution in [1.82, 2.24) is 0 Å². The van der Waals surface area contributed by atoms with Gasteiger partial charge in [-0.1, -0.05) is 38.4 Å². The highest BCUT2D eigenvalue weighted by atomic mass is 35.5. The number of nitrogens with one attached hydrogen (secondary N) is 1. The standard InChI is InChI=1S/C25H27ClF3NO3S/c1-14(2)7-18(8-15(3)12-33-13-31)16(4)34-23-9-17(5-6-20(23)26)25(32)30-19-10-21(27)24(29)22(28)11-19/h5-6,8-11,13-14,16,18H,7,12H2,1-4H3,(H,30,32)/b15-8+. The molecule has 0 radical (unpaired) electrons. The van der Waals surface area contributed by atoms with Crippen LogP contribution in [0.25, 0.3) is 0 Å². The SMILES string of the molecule is C/C(=C\C(CC(C)C)C(C)Sc1cc(C(=O)Nc2cc(F)c(F)c(F)c2)ccc1Cl)COC=O. The summed E-state index contributed by atoms with van der Waals surface area (Å²) >= 11 is 7.88. The molecule has 184 valence electrons. The second-order valence-corrected chi connectivity index (χ2v) is 10.2. The molecule has 2 atom stereocenters. The quantitative estimate of drug-likeness (QED) is 0.148. The molecule has 0 aliphatic carbocycles. The lowest BCUT2D eigenvalue weighted by Crippen LogP contribution is -2.16. The van der Waals surface area contributed by atoms with Crippen LogP contribution in [0.15, 0.2) is 46.9 Å². The molecule has 0 aliphatic rings. The van der Waals surface area contributed by atoms with E-state index in [0.29, 0.717) is 34.4 Å². The Morgan fingerprint density at radius 1 is 1.15 bits per heavy atom. The highest BCUT2D eigenvalue weighted by molar-refractivity contribution is 8.00. The summed E-state index contributed by atoms with van der Waals surface area (Å²) in [6.07, 6.45) is 2.98. The van der Waals surface area contributed by atoms with Gasteiger partial charge in [0.15, 0.2) is 17.5 Å². The van der Waals surface area contributed by atoms with Gasteiger partial charge >= 0.3 is 0 Å². The van der Waals surface area contributed by atoms with Crippen molar-refractivity contribution in [3.05, 3.63) is 70.0 Å². The minimum absolute atomic E-state index is 0.0738. The number of amides is 1. The van der Waals surface area contributed by atoms with Crippen LogP contribution in [0.4, 0.5) is 18.9 Å². The van der Waals surface area contributed by atoms with Crippen molar-refractivity contribution in [3.63, 3.8) is 0 Å². The van der Waals surface area contributed by atoms with Gasteiger partial charge < -0.3 is 10.1 Å². The number of thioether (sulfide) groups is 1. The van der Waals surface area contributed by atoms with Crippen LogP contribution < -0.4 is 5.32 Å². The molecular weight excluding hydrogens is 487 g/mol. The van der Waals surface area contributed by atoms with Gasteiger partial charge in [0.1, 0.15) is 6.61 Å². The van der Waals surface area contributed by atoms with E-state index in [4.69, 9.17) is 16.3 Å². The molecular formula is C25H27ClF3NO3S. The molecule has 2 unspecified atom stereocenters. The molecule has 1 N–H and O–H groups in total. The first-order chi connectivity index (χ1) is 16.0. The summed E-state index contributed by atoms with van der Waals surface area (Å²) in [7, 11) is 0. The van der Waals surface area contributed by atoms with E-state index in [-0.39, 0.29) is 29.0 Å². The third-order valence-corrected chi connectivity index (χ3v) is 6.73. The van der Waals surface area contributed by atoms with Crippen LogP contribution in [0.3, 0.4) is 0 Å². The van der Waals surface area contributed by atoms with Crippen molar-refractivity contribution in [3.8, 4) is 0 Å². The Balaban J connectivity index is 2.22. The first-order valence-corrected chi connectivity index (χ1v) is 11.9. The van der Waals surface area contributed by atoms with Crippen molar-refractivity contribution in [1.29, 1.82) is 0 Å². The molecule has 0 saturated carbocycles. The summed E-state index contributed by atoms with van der Waals surface area (Å²) in [6, 6.07) is 6.10. The second-order valence-electron chi connectivity index (χ2n) is 8.39. The topological polar surface area (TPSA) is 55.4 Å². The first kappa shape index (κ1) is 27.8. The van der Waals surface area contributed by atoms with Gasteiger partial charge in [0, 0.05) is 33.5 Å². The van der Waals surface area contributed by atoms with E-state index in [0.717, 1.165) is 12.0 Å². The molecule has 0 bridgehead atoms. The Labute approximate surface area is 206 Å². The van der Waals surface area contributed by atoms with Gasteiger partial charge in [-0.2, -0.15) is 0 Å². The monoisotopic (exact) mass is 513 g/mol. The number of hydrogen-bond donors (Lipinski definition) is 1. The third-order valence-electron chi connectivity index (χ3n) is 4.97. The zero-order valence-electron chi connectivity index (χ0n) is 19.3.